The first-order valence-electron chi connectivity index (χ1n) is 5.66. The first-order valence-corrected chi connectivity index (χ1v) is 6.54. The van der Waals surface area contributed by atoms with Gasteiger partial charge in [-0.1, -0.05) is 18.2 Å². The lowest BCUT2D eigenvalue weighted by Gasteiger charge is -2.26. The zero-order chi connectivity index (χ0) is 11.1. The smallest absolute Gasteiger partial charge is 0.0532 e. The number of aryl methyl sites for hydroxylation is 1. The molecule has 1 aliphatic rings. The normalized spacial score (nSPS) is 18.9. The van der Waals surface area contributed by atoms with Gasteiger partial charge in [-0.15, -0.1) is 11.3 Å². The van der Waals surface area contributed by atoms with Crippen LogP contribution in [0, 0.1) is 6.92 Å². The van der Waals surface area contributed by atoms with Crippen LogP contribution in [0.3, 0.4) is 0 Å². The molecule has 0 N–H and O–H groups in total. The van der Waals surface area contributed by atoms with E-state index in [1.165, 1.54) is 21.7 Å². The largest absolute Gasteiger partial charge is 0.359 e. The van der Waals surface area contributed by atoms with Crippen molar-refractivity contribution in [3.63, 3.8) is 0 Å². The molecule has 0 amide bonds. The summed E-state index contributed by atoms with van der Waals surface area (Å²) < 4.78 is 0. The molecular formula is C14H15NS. The maximum Gasteiger partial charge on any atom is 0.0532 e. The third-order valence-electron chi connectivity index (χ3n) is 3.44. The third-order valence-corrected chi connectivity index (χ3v) is 4.36. The Morgan fingerprint density at radius 3 is 2.81 bits per heavy atom. The van der Waals surface area contributed by atoms with Crippen molar-refractivity contribution in [2.45, 2.75) is 26.4 Å². The quantitative estimate of drug-likeness (QED) is 0.710. The summed E-state index contributed by atoms with van der Waals surface area (Å²) in [4.78, 5) is 4.02. The summed E-state index contributed by atoms with van der Waals surface area (Å²) in [6.45, 7) is 5.55. The van der Waals surface area contributed by atoms with Crippen LogP contribution in [0.2, 0.25) is 0 Å². The van der Waals surface area contributed by atoms with E-state index in [0.29, 0.717) is 6.04 Å². The van der Waals surface area contributed by atoms with Crippen molar-refractivity contribution in [3.8, 4) is 0 Å². The highest BCUT2D eigenvalue weighted by atomic mass is 32.1. The monoisotopic (exact) mass is 229 g/mol. The summed E-state index contributed by atoms with van der Waals surface area (Å²) in [5, 5.41) is 2.20. The lowest BCUT2D eigenvalue weighted by atomic mass is 10.1. The number of fused-ring (bicyclic) bond motifs is 1. The molecule has 2 heteroatoms. The molecule has 0 fully saturated rings. The molecule has 1 atom stereocenters. The number of hydrogen-bond donors (Lipinski definition) is 0. The fourth-order valence-corrected chi connectivity index (χ4v) is 3.46. The number of hydrogen-bond acceptors (Lipinski definition) is 2. The van der Waals surface area contributed by atoms with E-state index in [0.717, 1.165) is 6.54 Å². The molecule has 82 valence electrons. The standard InChI is InChI=1S/C14H15NS/c1-10-5-3-4-6-13(10)15-9-14-12(11(15)2)7-8-16-14/h3-8,11H,9H2,1-2H3/t11-/m0/s1. The molecule has 0 bridgehead atoms. The van der Waals surface area contributed by atoms with Gasteiger partial charge in [-0.05, 0) is 42.5 Å². The van der Waals surface area contributed by atoms with Crippen LogP contribution in [-0.2, 0) is 6.54 Å². The number of nitrogens with zero attached hydrogens (tertiary/aromatic N) is 1. The Morgan fingerprint density at radius 1 is 1.25 bits per heavy atom. The van der Waals surface area contributed by atoms with Crippen LogP contribution in [0.15, 0.2) is 35.7 Å². The van der Waals surface area contributed by atoms with E-state index in [2.05, 4.69) is 54.5 Å². The van der Waals surface area contributed by atoms with Gasteiger partial charge in [0.05, 0.1) is 12.6 Å². The average molecular weight is 229 g/mol. The van der Waals surface area contributed by atoms with Gasteiger partial charge in [0, 0.05) is 10.6 Å². The number of rotatable bonds is 1. The predicted molar refractivity (Wildman–Crippen MR) is 70.1 cm³/mol. The van der Waals surface area contributed by atoms with Gasteiger partial charge in [0.25, 0.3) is 0 Å². The van der Waals surface area contributed by atoms with E-state index in [9.17, 15) is 0 Å². The number of anilines is 1. The summed E-state index contributed by atoms with van der Waals surface area (Å²) in [7, 11) is 0. The molecule has 16 heavy (non-hydrogen) atoms. The van der Waals surface area contributed by atoms with Gasteiger partial charge in [0.2, 0.25) is 0 Å². The van der Waals surface area contributed by atoms with Crippen LogP contribution >= 0.6 is 11.3 Å². The minimum atomic E-state index is 0.516. The highest BCUT2D eigenvalue weighted by Crippen LogP contribution is 2.40. The Labute approximate surface area is 100 Å². The van der Waals surface area contributed by atoms with Crippen molar-refractivity contribution >= 4 is 17.0 Å². The van der Waals surface area contributed by atoms with E-state index in [4.69, 9.17) is 0 Å². The summed E-state index contributed by atoms with van der Waals surface area (Å²) in [6.07, 6.45) is 0. The molecule has 0 radical (unpaired) electrons. The second-order valence-electron chi connectivity index (χ2n) is 4.39. The van der Waals surface area contributed by atoms with Crippen molar-refractivity contribution in [3.05, 3.63) is 51.7 Å². The Hall–Kier alpha value is -1.28. The number of thiophene rings is 1. The van der Waals surface area contributed by atoms with Gasteiger partial charge in [-0.3, -0.25) is 0 Å². The topological polar surface area (TPSA) is 3.24 Å². The predicted octanol–water partition coefficient (Wildman–Crippen LogP) is 4.14. The molecule has 0 aliphatic carbocycles. The summed E-state index contributed by atoms with van der Waals surface area (Å²) in [5.41, 5.74) is 4.25. The van der Waals surface area contributed by atoms with Crippen molar-refractivity contribution in [2.75, 3.05) is 4.90 Å². The molecule has 3 rings (SSSR count). The molecule has 1 nitrogen and oxygen atoms in total. The zero-order valence-corrected chi connectivity index (χ0v) is 10.4. The Bertz CT molecular complexity index is 515. The van der Waals surface area contributed by atoms with Crippen LogP contribution in [0.5, 0.6) is 0 Å². The maximum absolute atomic E-state index is 2.50. The molecule has 1 aromatic heterocycles. The van der Waals surface area contributed by atoms with Gasteiger partial charge in [-0.2, -0.15) is 0 Å². The fraction of sp³-hybridized carbons (Fsp3) is 0.286. The second kappa shape index (κ2) is 3.63. The van der Waals surface area contributed by atoms with E-state index in [-0.39, 0.29) is 0 Å². The van der Waals surface area contributed by atoms with Crippen LogP contribution in [0.1, 0.15) is 29.0 Å². The molecule has 1 aliphatic heterocycles. The van der Waals surface area contributed by atoms with Crippen LogP contribution in [-0.4, -0.2) is 0 Å². The minimum absolute atomic E-state index is 0.516. The average Bonchev–Trinajstić information content (AvgIpc) is 2.83. The van der Waals surface area contributed by atoms with E-state index < -0.39 is 0 Å². The summed E-state index contributed by atoms with van der Waals surface area (Å²) in [5.74, 6) is 0. The summed E-state index contributed by atoms with van der Waals surface area (Å²) >= 11 is 1.88. The van der Waals surface area contributed by atoms with Crippen LogP contribution in [0.25, 0.3) is 0 Å². The van der Waals surface area contributed by atoms with Gasteiger partial charge in [0.1, 0.15) is 0 Å². The van der Waals surface area contributed by atoms with Crippen LogP contribution < -0.4 is 4.90 Å². The molecule has 0 spiro atoms. The first kappa shape index (κ1) is 9.91. The lowest BCUT2D eigenvalue weighted by Crippen LogP contribution is -2.19. The van der Waals surface area contributed by atoms with Crippen molar-refractivity contribution < 1.29 is 0 Å². The molecule has 2 heterocycles. The highest BCUT2D eigenvalue weighted by Gasteiger charge is 2.28. The van der Waals surface area contributed by atoms with Crippen molar-refractivity contribution in [1.29, 1.82) is 0 Å². The van der Waals surface area contributed by atoms with Gasteiger partial charge >= 0.3 is 0 Å². The van der Waals surface area contributed by atoms with Gasteiger partial charge < -0.3 is 4.90 Å². The zero-order valence-electron chi connectivity index (χ0n) is 9.60. The van der Waals surface area contributed by atoms with Crippen LogP contribution in [0.4, 0.5) is 5.69 Å². The molecule has 0 saturated carbocycles. The number of benzene rings is 1. The van der Waals surface area contributed by atoms with Crippen molar-refractivity contribution in [2.24, 2.45) is 0 Å². The third kappa shape index (κ3) is 1.37. The maximum atomic E-state index is 2.50. The highest BCUT2D eigenvalue weighted by molar-refractivity contribution is 7.10. The molecule has 0 unspecified atom stereocenters. The summed E-state index contributed by atoms with van der Waals surface area (Å²) in [6, 6.07) is 11.4. The first-order chi connectivity index (χ1) is 7.77. The number of para-hydroxylation sites is 1. The van der Waals surface area contributed by atoms with Gasteiger partial charge in [-0.25, -0.2) is 0 Å². The van der Waals surface area contributed by atoms with Gasteiger partial charge in [0.15, 0.2) is 0 Å². The van der Waals surface area contributed by atoms with Crippen molar-refractivity contribution in [1.82, 2.24) is 0 Å². The lowest BCUT2D eigenvalue weighted by molar-refractivity contribution is 0.730. The second-order valence-corrected chi connectivity index (χ2v) is 5.39. The Morgan fingerprint density at radius 2 is 2.06 bits per heavy atom. The van der Waals surface area contributed by atoms with E-state index in [1.807, 2.05) is 11.3 Å². The molecule has 2 aromatic rings. The van der Waals surface area contributed by atoms with E-state index >= 15 is 0 Å². The molecular weight excluding hydrogens is 214 g/mol. The molecule has 1 aromatic carbocycles. The van der Waals surface area contributed by atoms with E-state index in [1.54, 1.807) is 0 Å². The Balaban J connectivity index is 2.00. The fourth-order valence-electron chi connectivity index (χ4n) is 2.49. The minimum Gasteiger partial charge on any atom is -0.359 e. The molecule has 0 saturated heterocycles. The SMILES string of the molecule is Cc1ccccc1N1Cc2sccc2[C@@H]1C. The Kier molecular flexibility index (Phi) is 2.25.